The Hall–Kier alpha value is -0.570. The van der Waals surface area contributed by atoms with Gasteiger partial charge in [-0.15, -0.1) is 0 Å². The SMILES string of the molecule is CCOC(=O)C1C(C)C1CO. The lowest BCUT2D eigenvalue weighted by Crippen LogP contribution is -2.08. The highest BCUT2D eigenvalue weighted by molar-refractivity contribution is 5.76. The van der Waals surface area contributed by atoms with Gasteiger partial charge in [-0.05, 0) is 18.8 Å². The first-order valence-electron chi connectivity index (χ1n) is 3.99. The average molecular weight is 158 g/mol. The lowest BCUT2D eigenvalue weighted by atomic mass is 10.3. The fraction of sp³-hybridized carbons (Fsp3) is 0.875. The first-order chi connectivity index (χ1) is 5.22. The van der Waals surface area contributed by atoms with Crippen LogP contribution in [0.25, 0.3) is 0 Å². The van der Waals surface area contributed by atoms with Crippen molar-refractivity contribution in [1.82, 2.24) is 0 Å². The fourth-order valence-corrected chi connectivity index (χ4v) is 1.45. The Morgan fingerprint density at radius 1 is 1.64 bits per heavy atom. The molecule has 0 saturated heterocycles. The van der Waals surface area contributed by atoms with Crippen LogP contribution < -0.4 is 0 Å². The van der Waals surface area contributed by atoms with Gasteiger partial charge in [0.2, 0.25) is 0 Å². The average Bonchev–Trinajstić information content (AvgIpc) is 2.61. The van der Waals surface area contributed by atoms with Gasteiger partial charge in [-0.3, -0.25) is 4.79 Å². The third-order valence-electron chi connectivity index (χ3n) is 2.33. The lowest BCUT2D eigenvalue weighted by Gasteiger charge is -1.98. The molecule has 1 fully saturated rings. The van der Waals surface area contributed by atoms with E-state index in [4.69, 9.17) is 9.84 Å². The van der Waals surface area contributed by atoms with E-state index in [1.54, 1.807) is 6.92 Å². The van der Waals surface area contributed by atoms with Crippen LogP contribution in [0, 0.1) is 17.8 Å². The summed E-state index contributed by atoms with van der Waals surface area (Å²) in [5.74, 6) is 0.257. The predicted molar refractivity (Wildman–Crippen MR) is 39.9 cm³/mol. The summed E-state index contributed by atoms with van der Waals surface area (Å²) >= 11 is 0. The Morgan fingerprint density at radius 3 is 2.64 bits per heavy atom. The van der Waals surface area contributed by atoms with Crippen molar-refractivity contribution in [2.24, 2.45) is 17.8 Å². The van der Waals surface area contributed by atoms with E-state index < -0.39 is 0 Å². The third kappa shape index (κ3) is 1.53. The van der Waals surface area contributed by atoms with Crippen LogP contribution in [-0.2, 0) is 9.53 Å². The van der Waals surface area contributed by atoms with Crippen molar-refractivity contribution >= 4 is 5.97 Å². The number of hydrogen-bond acceptors (Lipinski definition) is 3. The molecule has 0 aliphatic heterocycles. The van der Waals surface area contributed by atoms with E-state index in [2.05, 4.69) is 0 Å². The van der Waals surface area contributed by atoms with E-state index in [0.717, 1.165) is 0 Å². The summed E-state index contributed by atoms with van der Waals surface area (Å²) in [7, 11) is 0. The van der Waals surface area contributed by atoms with Gasteiger partial charge < -0.3 is 9.84 Å². The van der Waals surface area contributed by atoms with Gasteiger partial charge in [0.1, 0.15) is 0 Å². The number of aliphatic hydroxyl groups excluding tert-OH is 1. The molecule has 1 rings (SSSR count). The van der Waals surface area contributed by atoms with E-state index in [1.807, 2.05) is 6.92 Å². The molecule has 1 saturated carbocycles. The number of carbonyl (C=O) groups is 1. The maximum Gasteiger partial charge on any atom is 0.309 e. The van der Waals surface area contributed by atoms with Crippen molar-refractivity contribution in [1.29, 1.82) is 0 Å². The Bertz CT molecular complexity index is 155. The third-order valence-corrected chi connectivity index (χ3v) is 2.33. The summed E-state index contributed by atoms with van der Waals surface area (Å²) < 4.78 is 4.82. The van der Waals surface area contributed by atoms with Crippen molar-refractivity contribution in [2.45, 2.75) is 13.8 Å². The van der Waals surface area contributed by atoms with Gasteiger partial charge in [-0.25, -0.2) is 0 Å². The molecule has 0 spiro atoms. The second-order valence-corrected chi connectivity index (χ2v) is 2.98. The van der Waals surface area contributed by atoms with Crippen molar-refractivity contribution in [3.8, 4) is 0 Å². The van der Waals surface area contributed by atoms with Crippen LogP contribution in [0.4, 0.5) is 0 Å². The number of carbonyl (C=O) groups excluding carboxylic acids is 1. The molecule has 0 amide bonds. The number of rotatable bonds is 3. The molecule has 11 heavy (non-hydrogen) atoms. The van der Waals surface area contributed by atoms with E-state index in [-0.39, 0.29) is 24.4 Å². The molecule has 3 heteroatoms. The van der Waals surface area contributed by atoms with Crippen molar-refractivity contribution < 1.29 is 14.6 Å². The van der Waals surface area contributed by atoms with Crippen molar-refractivity contribution in [2.75, 3.05) is 13.2 Å². The smallest absolute Gasteiger partial charge is 0.309 e. The van der Waals surface area contributed by atoms with E-state index in [0.29, 0.717) is 12.5 Å². The zero-order valence-electron chi connectivity index (χ0n) is 6.91. The summed E-state index contributed by atoms with van der Waals surface area (Å²) in [6.45, 7) is 4.28. The summed E-state index contributed by atoms with van der Waals surface area (Å²) in [4.78, 5) is 11.1. The van der Waals surface area contributed by atoms with Crippen LogP contribution in [0.2, 0.25) is 0 Å². The second kappa shape index (κ2) is 3.22. The molecule has 0 radical (unpaired) electrons. The molecule has 1 aliphatic carbocycles. The maximum atomic E-state index is 11.1. The standard InChI is InChI=1S/C8H14O3/c1-3-11-8(10)7-5(2)6(7)4-9/h5-7,9H,3-4H2,1-2H3. The molecule has 3 nitrogen and oxygen atoms in total. The molecular weight excluding hydrogens is 144 g/mol. The van der Waals surface area contributed by atoms with E-state index >= 15 is 0 Å². The van der Waals surface area contributed by atoms with Crippen LogP contribution >= 0.6 is 0 Å². The largest absolute Gasteiger partial charge is 0.466 e. The lowest BCUT2D eigenvalue weighted by molar-refractivity contribution is -0.145. The zero-order chi connectivity index (χ0) is 8.43. The molecule has 1 aliphatic rings. The van der Waals surface area contributed by atoms with Crippen molar-refractivity contribution in [3.05, 3.63) is 0 Å². The normalized spacial score (nSPS) is 35.0. The van der Waals surface area contributed by atoms with Crippen LogP contribution in [0.5, 0.6) is 0 Å². The molecule has 0 heterocycles. The molecule has 3 atom stereocenters. The highest BCUT2D eigenvalue weighted by atomic mass is 16.5. The van der Waals surface area contributed by atoms with E-state index in [1.165, 1.54) is 0 Å². The number of ether oxygens (including phenoxy) is 1. The number of aliphatic hydroxyl groups is 1. The van der Waals surface area contributed by atoms with Gasteiger partial charge in [0.25, 0.3) is 0 Å². The Morgan fingerprint density at radius 2 is 2.27 bits per heavy atom. The summed E-state index contributed by atoms with van der Waals surface area (Å²) in [6, 6.07) is 0. The molecule has 0 aromatic carbocycles. The minimum Gasteiger partial charge on any atom is -0.466 e. The second-order valence-electron chi connectivity index (χ2n) is 2.98. The van der Waals surface area contributed by atoms with Crippen molar-refractivity contribution in [3.63, 3.8) is 0 Å². The first kappa shape index (κ1) is 8.53. The summed E-state index contributed by atoms with van der Waals surface area (Å²) in [5, 5.41) is 8.76. The number of esters is 1. The van der Waals surface area contributed by atoms with Gasteiger partial charge in [0.15, 0.2) is 0 Å². The topological polar surface area (TPSA) is 46.5 Å². The molecule has 1 N–H and O–H groups in total. The highest BCUT2D eigenvalue weighted by Crippen LogP contribution is 2.46. The molecule has 3 unspecified atom stereocenters. The molecular formula is C8H14O3. The fourth-order valence-electron chi connectivity index (χ4n) is 1.45. The molecule has 64 valence electrons. The quantitative estimate of drug-likeness (QED) is 0.606. The highest BCUT2D eigenvalue weighted by Gasteiger charge is 2.52. The predicted octanol–water partition coefficient (Wildman–Crippen LogP) is 0.424. The molecule has 0 aromatic rings. The minimum atomic E-state index is -0.154. The minimum absolute atomic E-state index is 0.0417. The Labute approximate surface area is 66.4 Å². The van der Waals surface area contributed by atoms with Gasteiger partial charge in [-0.1, -0.05) is 6.92 Å². The van der Waals surface area contributed by atoms with Crippen LogP contribution in [0.1, 0.15) is 13.8 Å². The van der Waals surface area contributed by atoms with Crippen LogP contribution in [0.15, 0.2) is 0 Å². The van der Waals surface area contributed by atoms with E-state index in [9.17, 15) is 4.79 Å². The molecule has 0 bridgehead atoms. The van der Waals surface area contributed by atoms with Gasteiger partial charge in [0, 0.05) is 6.61 Å². The van der Waals surface area contributed by atoms with Gasteiger partial charge in [-0.2, -0.15) is 0 Å². The van der Waals surface area contributed by atoms with Crippen LogP contribution in [-0.4, -0.2) is 24.3 Å². The summed E-state index contributed by atoms with van der Waals surface area (Å²) in [5.41, 5.74) is 0. The van der Waals surface area contributed by atoms with Crippen LogP contribution in [0.3, 0.4) is 0 Å². The summed E-state index contributed by atoms with van der Waals surface area (Å²) in [6.07, 6.45) is 0. The number of hydrogen-bond donors (Lipinski definition) is 1. The monoisotopic (exact) mass is 158 g/mol. The first-order valence-corrected chi connectivity index (χ1v) is 3.99. The Kier molecular flexibility index (Phi) is 2.49. The van der Waals surface area contributed by atoms with Gasteiger partial charge >= 0.3 is 5.97 Å². The van der Waals surface area contributed by atoms with Gasteiger partial charge in [0.05, 0.1) is 12.5 Å². The molecule has 0 aromatic heterocycles. The Balaban J connectivity index is 2.34. The maximum absolute atomic E-state index is 11.1. The zero-order valence-corrected chi connectivity index (χ0v) is 6.91.